The maximum Gasteiger partial charge on any atom is 0.331 e. The summed E-state index contributed by atoms with van der Waals surface area (Å²) < 4.78 is 0. The molecule has 0 aromatic heterocycles. The van der Waals surface area contributed by atoms with Crippen molar-refractivity contribution in [3.8, 4) is 0 Å². The number of urea groups is 1. The monoisotopic (exact) mass is 357 g/mol. The molecule has 0 unspecified atom stereocenters. The molecule has 0 saturated carbocycles. The fourth-order valence-electron chi connectivity index (χ4n) is 1.98. The van der Waals surface area contributed by atoms with E-state index in [2.05, 4.69) is 11.6 Å². The molecule has 1 aromatic rings. The van der Waals surface area contributed by atoms with Gasteiger partial charge in [0.25, 0.3) is 0 Å². The number of hydrogen-bond acceptors (Lipinski definition) is 3. The molecule has 1 aromatic carbocycles. The highest BCUT2D eigenvalue weighted by atomic mass is 35.5. The second-order valence-electron chi connectivity index (χ2n) is 5.02. The molecule has 118 valence electrons. The maximum absolute atomic E-state index is 12.8. The lowest BCUT2D eigenvalue weighted by Gasteiger charge is -2.35. The third kappa shape index (κ3) is 3.97. The Labute approximate surface area is 144 Å². The van der Waals surface area contributed by atoms with Crippen molar-refractivity contribution < 1.29 is 4.79 Å². The smallest absolute Gasteiger partial charge is 0.284 e. The summed E-state index contributed by atoms with van der Waals surface area (Å²) >= 11 is 13.6. The van der Waals surface area contributed by atoms with Crippen LogP contribution in [0.3, 0.4) is 0 Å². The maximum atomic E-state index is 12.8. The van der Waals surface area contributed by atoms with Crippen LogP contribution in [0.5, 0.6) is 0 Å². The van der Waals surface area contributed by atoms with Gasteiger partial charge in [0, 0.05) is 28.3 Å². The number of amidine groups is 1. The summed E-state index contributed by atoms with van der Waals surface area (Å²) in [5, 5.41) is 1.71. The van der Waals surface area contributed by atoms with E-state index in [9.17, 15) is 4.79 Å². The largest absolute Gasteiger partial charge is 0.331 e. The van der Waals surface area contributed by atoms with Gasteiger partial charge in [0.2, 0.25) is 0 Å². The third-order valence-corrected chi connectivity index (χ3v) is 4.26. The van der Waals surface area contributed by atoms with Crippen LogP contribution in [0.1, 0.15) is 13.8 Å². The van der Waals surface area contributed by atoms with Gasteiger partial charge >= 0.3 is 6.03 Å². The molecule has 22 heavy (non-hydrogen) atoms. The Kier molecular flexibility index (Phi) is 5.78. The van der Waals surface area contributed by atoms with Crippen LogP contribution in [0.4, 0.5) is 10.5 Å². The Morgan fingerprint density at radius 2 is 2.00 bits per heavy atom. The number of rotatable bonds is 4. The van der Waals surface area contributed by atoms with Gasteiger partial charge in [0.1, 0.15) is 0 Å². The summed E-state index contributed by atoms with van der Waals surface area (Å²) in [6, 6.07) is 5.05. The molecule has 1 aliphatic heterocycles. The molecule has 2 amide bonds. The molecule has 0 bridgehead atoms. The molecule has 1 aliphatic rings. The number of amides is 2. The molecule has 7 heteroatoms. The van der Waals surface area contributed by atoms with E-state index in [0.29, 0.717) is 33.3 Å². The van der Waals surface area contributed by atoms with Crippen LogP contribution < -0.4 is 4.90 Å². The zero-order chi connectivity index (χ0) is 16.3. The Morgan fingerprint density at radius 1 is 1.36 bits per heavy atom. The molecule has 1 saturated heterocycles. The minimum absolute atomic E-state index is 0.120. The zero-order valence-electron chi connectivity index (χ0n) is 12.4. The molecule has 0 spiro atoms. The number of anilines is 1. The lowest BCUT2D eigenvalue weighted by molar-refractivity contribution is 0.230. The van der Waals surface area contributed by atoms with Crippen LogP contribution in [0.2, 0.25) is 10.0 Å². The van der Waals surface area contributed by atoms with Gasteiger partial charge in [0.15, 0.2) is 5.17 Å². The average molecular weight is 358 g/mol. The molecular weight excluding hydrogens is 341 g/mol. The van der Waals surface area contributed by atoms with Crippen molar-refractivity contribution in [2.75, 3.05) is 17.3 Å². The number of carbonyl (C=O) groups excluding carboxylic acids is 1. The van der Waals surface area contributed by atoms with Gasteiger partial charge in [-0.1, -0.05) is 41.0 Å². The van der Waals surface area contributed by atoms with E-state index in [1.54, 1.807) is 34.1 Å². The Bertz CT molecular complexity index is 599. The highest BCUT2D eigenvalue weighted by molar-refractivity contribution is 8.14. The number of thioether (sulfide) groups is 1. The summed E-state index contributed by atoms with van der Waals surface area (Å²) in [6.07, 6.45) is 1.68. The fourth-order valence-corrected chi connectivity index (χ4v) is 3.59. The van der Waals surface area contributed by atoms with Crippen molar-refractivity contribution in [2.24, 2.45) is 4.99 Å². The van der Waals surface area contributed by atoms with E-state index in [-0.39, 0.29) is 12.1 Å². The summed E-state index contributed by atoms with van der Waals surface area (Å²) in [5.41, 5.74) is 0.674. The first-order valence-electron chi connectivity index (χ1n) is 6.79. The van der Waals surface area contributed by atoms with Crippen LogP contribution in [0.25, 0.3) is 0 Å². The van der Waals surface area contributed by atoms with E-state index < -0.39 is 0 Å². The van der Waals surface area contributed by atoms with E-state index in [1.165, 1.54) is 11.8 Å². The van der Waals surface area contributed by atoms with Crippen molar-refractivity contribution in [2.45, 2.75) is 19.9 Å². The van der Waals surface area contributed by atoms with Gasteiger partial charge in [-0.15, -0.1) is 6.58 Å². The molecule has 1 fully saturated rings. The zero-order valence-corrected chi connectivity index (χ0v) is 14.8. The summed E-state index contributed by atoms with van der Waals surface area (Å²) in [4.78, 5) is 20.5. The van der Waals surface area contributed by atoms with Crippen LogP contribution in [0.15, 0.2) is 35.8 Å². The van der Waals surface area contributed by atoms with Crippen LogP contribution in [-0.4, -0.2) is 34.6 Å². The number of nitrogens with zero attached hydrogens (tertiary/aromatic N) is 3. The van der Waals surface area contributed by atoms with E-state index in [4.69, 9.17) is 23.2 Å². The number of carbonyl (C=O) groups is 1. The number of hydrogen-bond donors (Lipinski definition) is 0. The first-order chi connectivity index (χ1) is 10.4. The molecule has 2 rings (SSSR count). The first-order valence-corrected chi connectivity index (χ1v) is 8.53. The highest BCUT2D eigenvalue weighted by Gasteiger charge is 2.31. The van der Waals surface area contributed by atoms with E-state index >= 15 is 0 Å². The van der Waals surface area contributed by atoms with Crippen LogP contribution in [-0.2, 0) is 0 Å². The van der Waals surface area contributed by atoms with Gasteiger partial charge in [0.05, 0.1) is 5.88 Å². The van der Waals surface area contributed by atoms with E-state index in [0.717, 1.165) is 0 Å². The minimum atomic E-state index is -0.156. The first kappa shape index (κ1) is 17.2. The predicted octanol–water partition coefficient (Wildman–Crippen LogP) is 4.88. The van der Waals surface area contributed by atoms with Crippen LogP contribution >= 0.6 is 35.0 Å². The van der Waals surface area contributed by atoms with Gasteiger partial charge in [-0.2, -0.15) is 0 Å². The minimum Gasteiger partial charge on any atom is -0.284 e. The molecular formula is C15H17Cl2N3OS. The molecule has 1 heterocycles. The summed E-state index contributed by atoms with van der Waals surface area (Å²) in [6.45, 7) is 8.07. The Morgan fingerprint density at radius 3 is 2.55 bits per heavy atom. The molecule has 0 atom stereocenters. The number of aliphatic imine (C=N–C) groups is 1. The van der Waals surface area contributed by atoms with Gasteiger partial charge in [-0.05, 0) is 32.0 Å². The quantitative estimate of drug-likeness (QED) is 0.720. The highest BCUT2D eigenvalue weighted by Crippen LogP contribution is 2.31. The lowest BCUT2D eigenvalue weighted by Crippen LogP contribution is -2.50. The standard InChI is InChI=1S/C15H17Cl2N3OS/c1-4-5-19-14(18-10(2)3)22-9-20(15(19)21)13-7-11(16)6-12(17)8-13/h4,6-8,10H,1,5,9H2,2-3H3. The molecule has 0 aliphatic carbocycles. The van der Waals surface area contributed by atoms with Crippen molar-refractivity contribution in [1.29, 1.82) is 0 Å². The number of benzene rings is 1. The van der Waals surface area contributed by atoms with Crippen molar-refractivity contribution in [3.63, 3.8) is 0 Å². The molecule has 0 radical (unpaired) electrons. The number of halogens is 2. The van der Waals surface area contributed by atoms with Gasteiger partial charge in [-0.25, -0.2) is 4.79 Å². The predicted molar refractivity (Wildman–Crippen MR) is 96.3 cm³/mol. The van der Waals surface area contributed by atoms with Crippen molar-refractivity contribution in [1.82, 2.24) is 4.90 Å². The summed E-state index contributed by atoms with van der Waals surface area (Å²) in [7, 11) is 0. The third-order valence-electron chi connectivity index (χ3n) is 2.85. The second kappa shape index (κ2) is 7.40. The summed E-state index contributed by atoms with van der Waals surface area (Å²) in [5.74, 6) is 0.467. The average Bonchev–Trinajstić information content (AvgIpc) is 2.41. The second-order valence-corrected chi connectivity index (χ2v) is 6.80. The molecule has 4 nitrogen and oxygen atoms in total. The van der Waals surface area contributed by atoms with Gasteiger partial charge in [-0.3, -0.25) is 14.8 Å². The SMILES string of the molecule is C=CCN1C(=O)N(c2cc(Cl)cc(Cl)c2)CSC1=NC(C)C. The fraction of sp³-hybridized carbons (Fsp3) is 0.333. The lowest BCUT2D eigenvalue weighted by atomic mass is 10.3. The van der Waals surface area contributed by atoms with Crippen molar-refractivity contribution in [3.05, 3.63) is 40.9 Å². The van der Waals surface area contributed by atoms with Crippen LogP contribution in [0, 0.1) is 0 Å². The Hall–Kier alpha value is -1.17. The topological polar surface area (TPSA) is 35.9 Å². The normalized spacial score (nSPS) is 17.5. The van der Waals surface area contributed by atoms with E-state index in [1.807, 2.05) is 13.8 Å². The van der Waals surface area contributed by atoms with Crippen molar-refractivity contribution >= 4 is 51.8 Å². The Balaban J connectivity index is 2.33. The molecule has 0 N–H and O–H groups in total. The van der Waals surface area contributed by atoms with Gasteiger partial charge < -0.3 is 0 Å².